The van der Waals surface area contributed by atoms with E-state index in [1.165, 1.54) is 0 Å². The molecule has 0 aromatic heterocycles. The molecule has 2 fully saturated rings. The number of hydrogen-bond acceptors (Lipinski definition) is 3. The number of carbonyl (C=O) groups excluding carboxylic acids is 2. The lowest BCUT2D eigenvalue weighted by atomic mass is 10.0. The van der Waals surface area contributed by atoms with Gasteiger partial charge in [0.15, 0.2) is 0 Å². The number of carboxylic acids is 1. The summed E-state index contributed by atoms with van der Waals surface area (Å²) in [6, 6.07) is -0.908. The van der Waals surface area contributed by atoms with Crippen molar-refractivity contribution in [2.24, 2.45) is 11.8 Å². The molecule has 2 aliphatic rings. The van der Waals surface area contributed by atoms with E-state index in [0.717, 1.165) is 25.7 Å². The van der Waals surface area contributed by atoms with Crippen LogP contribution in [0.3, 0.4) is 0 Å². The first-order valence-corrected chi connectivity index (χ1v) is 7.75. The fourth-order valence-corrected chi connectivity index (χ4v) is 3.41. The van der Waals surface area contributed by atoms with E-state index in [1.807, 2.05) is 0 Å². The van der Waals surface area contributed by atoms with Gasteiger partial charge >= 0.3 is 5.97 Å². The Balaban J connectivity index is 1.90. The summed E-state index contributed by atoms with van der Waals surface area (Å²) >= 11 is 0. The molecule has 1 aliphatic heterocycles. The Morgan fingerprint density at radius 2 is 1.81 bits per heavy atom. The van der Waals surface area contributed by atoms with Crippen molar-refractivity contribution in [3.05, 3.63) is 0 Å². The molecule has 21 heavy (non-hydrogen) atoms. The van der Waals surface area contributed by atoms with Gasteiger partial charge in [-0.25, -0.2) is 0 Å². The van der Waals surface area contributed by atoms with Crippen LogP contribution in [0.1, 0.15) is 46.0 Å². The molecule has 3 atom stereocenters. The lowest BCUT2D eigenvalue weighted by Gasteiger charge is -2.27. The summed E-state index contributed by atoms with van der Waals surface area (Å²) in [4.78, 5) is 37.1. The van der Waals surface area contributed by atoms with Gasteiger partial charge in [-0.05, 0) is 33.1 Å². The highest BCUT2D eigenvalue weighted by atomic mass is 16.4. The van der Waals surface area contributed by atoms with Crippen LogP contribution >= 0.6 is 0 Å². The van der Waals surface area contributed by atoms with Gasteiger partial charge < -0.3 is 15.3 Å². The smallest absolute Gasteiger partial charge is 0.308 e. The van der Waals surface area contributed by atoms with Gasteiger partial charge in [0.2, 0.25) is 11.8 Å². The molecular weight excluding hydrogens is 272 g/mol. The van der Waals surface area contributed by atoms with Crippen molar-refractivity contribution in [3.63, 3.8) is 0 Å². The second-order valence-electron chi connectivity index (χ2n) is 6.22. The summed E-state index contributed by atoms with van der Waals surface area (Å²) in [5.74, 6) is -1.57. The first kappa shape index (κ1) is 15.8. The third-order valence-corrected chi connectivity index (χ3v) is 4.81. The summed E-state index contributed by atoms with van der Waals surface area (Å²) in [5.41, 5.74) is 0. The number of amides is 2. The molecule has 3 unspecified atom stereocenters. The maximum Gasteiger partial charge on any atom is 0.308 e. The lowest BCUT2D eigenvalue weighted by Crippen LogP contribution is -2.50. The Bertz CT molecular complexity index is 431. The van der Waals surface area contributed by atoms with Gasteiger partial charge in [0.05, 0.1) is 5.92 Å². The molecule has 0 aromatic rings. The Labute approximate surface area is 124 Å². The zero-order valence-corrected chi connectivity index (χ0v) is 12.7. The predicted octanol–water partition coefficient (Wildman–Crippen LogP) is 1.00. The van der Waals surface area contributed by atoms with Crippen LogP contribution in [-0.4, -0.2) is 46.4 Å². The molecule has 0 aromatic carbocycles. The summed E-state index contributed by atoms with van der Waals surface area (Å²) in [7, 11) is 0. The van der Waals surface area contributed by atoms with Crippen molar-refractivity contribution in [2.75, 3.05) is 6.54 Å². The molecule has 2 amide bonds. The zero-order chi connectivity index (χ0) is 15.6. The number of nitrogens with zero attached hydrogens (tertiary/aromatic N) is 1. The van der Waals surface area contributed by atoms with Crippen LogP contribution in [0.25, 0.3) is 0 Å². The van der Waals surface area contributed by atoms with E-state index in [2.05, 4.69) is 5.32 Å². The van der Waals surface area contributed by atoms with E-state index in [4.69, 9.17) is 5.11 Å². The number of aliphatic carboxylic acids is 1. The van der Waals surface area contributed by atoms with E-state index in [1.54, 1.807) is 18.7 Å². The summed E-state index contributed by atoms with van der Waals surface area (Å²) < 4.78 is 0. The summed E-state index contributed by atoms with van der Waals surface area (Å²) in [6.07, 6.45) is 4.42. The predicted molar refractivity (Wildman–Crippen MR) is 76.5 cm³/mol. The highest BCUT2D eigenvalue weighted by molar-refractivity contribution is 5.89. The molecule has 1 saturated heterocycles. The van der Waals surface area contributed by atoms with Crippen molar-refractivity contribution >= 4 is 17.8 Å². The lowest BCUT2D eigenvalue weighted by molar-refractivity contribution is -0.143. The SMILES string of the molecule is CC(NC(=O)C1CCCC1)C(=O)N1CCC(C(=O)O)C1C. The quantitative estimate of drug-likeness (QED) is 0.810. The van der Waals surface area contributed by atoms with E-state index in [9.17, 15) is 14.4 Å². The van der Waals surface area contributed by atoms with Crippen molar-refractivity contribution in [1.82, 2.24) is 10.2 Å². The van der Waals surface area contributed by atoms with Crippen LogP contribution in [0, 0.1) is 11.8 Å². The second-order valence-corrected chi connectivity index (χ2v) is 6.22. The average molecular weight is 296 g/mol. The minimum Gasteiger partial charge on any atom is -0.481 e. The molecule has 1 aliphatic carbocycles. The van der Waals surface area contributed by atoms with Crippen molar-refractivity contribution < 1.29 is 19.5 Å². The molecule has 1 heterocycles. The minimum atomic E-state index is -0.861. The standard InChI is InChI=1S/C15H24N2O4/c1-9(16-13(18)11-5-3-4-6-11)14(19)17-8-7-12(10(17)2)15(20)21/h9-12H,3-8H2,1-2H3,(H,16,18)(H,20,21). The maximum absolute atomic E-state index is 12.4. The largest absolute Gasteiger partial charge is 0.481 e. The van der Waals surface area contributed by atoms with E-state index < -0.39 is 17.9 Å². The Morgan fingerprint density at radius 1 is 1.19 bits per heavy atom. The summed E-state index contributed by atoms with van der Waals surface area (Å²) in [5, 5.41) is 11.9. The van der Waals surface area contributed by atoms with Crippen molar-refractivity contribution in [1.29, 1.82) is 0 Å². The van der Waals surface area contributed by atoms with Crippen LogP contribution in [0.15, 0.2) is 0 Å². The number of carbonyl (C=O) groups is 3. The molecule has 1 saturated carbocycles. The van der Waals surface area contributed by atoms with Gasteiger partial charge in [0.1, 0.15) is 6.04 Å². The Morgan fingerprint density at radius 3 is 2.33 bits per heavy atom. The molecular formula is C15H24N2O4. The average Bonchev–Trinajstić information content (AvgIpc) is 3.06. The van der Waals surface area contributed by atoms with Gasteiger partial charge in [0.25, 0.3) is 0 Å². The number of nitrogens with one attached hydrogen (secondary N) is 1. The third-order valence-electron chi connectivity index (χ3n) is 4.81. The molecule has 2 rings (SSSR count). The molecule has 6 nitrogen and oxygen atoms in total. The molecule has 0 bridgehead atoms. The minimum absolute atomic E-state index is 0.0306. The van der Waals surface area contributed by atoms with E-state index in [-0.39, 0.29) is 23.8 Å². The number of rotatable bonds is 4. The molecule has 118 valence electrons. The van der Waals surface area contributed by atoms with Crippen molar-refractivity contribution in [3.8, 4) is 0 Å². The first-order chi connectivity index (χ1) is 9.91. The molecule has 2 N–H and O–H groups in total. The van der Waals surface area contributed by atoms with Crippen LogP contribution in [0.5, 0.6) is 0 Å². The number of likely N-dealkylation sites (tertiary alicyclic amines) is 1. The van der Waals surface area contributed by atoms with Gasteiger partial charge in [-0.2, -0.15) is 0 Å². The highest BCUT2D eigenvalue weighted by Crippen LogP contribution is 2.26. The van der Waals surface area contributed by atoms with E-state index in [0.29, 0.717) is 13.0 Å². The molecule has 6 heteroatoms. The second kappa shape index (κ2) is 6.45. The monoisotopic (exact) mass is 296 g/mol. The number of hydrogen-bond donors (Lipinski definition) is 2. The normalized spacial score (nSPS) is 27.6. The van der Waals surface area contributed by atoms with Gasteiger partial charge in [-0.3, -0.25) is 14.4 Å². The van der Waals surface area contributed by atoms with Gasteiger partial charge in [-0.1, -0.05) is 12.8 Å². The highest BCUT2D eigenvalue weighted by Gasteiger charge is 2.39. The van der Waals surface area contributed by atoms with Gasteiger partial charge in [-0.15, -0.1) is 0 Å². The molecule has 0 spiro atoms. The van der Waals surface area contributed by atoms with E-state index >= 15 is 0 Å². The fourth-order valence-electron chi connectivity index (χ4n) is 3.41. The number of carboxylic acid groups (broad SMARTS) is 1. The van der Waals surface area contributed by atoms with Crippen LogP contribution in [0.2, 0.25) is 0 Å². The zero-order valence-electron chi connectivity index (χ0n) is 12.7. The van der Waals surface area contributed by atoms with Crippen LogP contribution < -0.4 is 5.32 Å². The Hall–Kier alpha value is -1.59. The fraction of sp³-hybridized carbons (Fsp3) is 0.800. The first-order valence-electron chi connectivity index (χ1n) is 7.75. The van der Waals surface area contributed by atoms with Crippen LogP contribution in [-0.2, 0) is 14.4 Å². The summed E-state index contributed by atoms with van der Waals surface area (Å²) in [6.45, 7) is 3.88. The Kier molecular flexibility index (Phi) is 4.85. The maximum atomic E-state index is 12.4. The topological polar surface area (TPSA) is 86.7 Å². The van der Waals surface area contributed by atoms with Crippen molar-refractivity contribution in [2.45, 2.75) is 58.0 Å². The molecule has 0 radical (unpaired) electrons. The third kappa shape index (κ3) is 3.36. The van der Waals surface area contributed by atoms with Crippen LogP contribution in [0.4, 0.5) is 0 Å². The van der Waals surface area contributed by atoms with Gasteiger partial charge in [0, 0.05) is 18.5 Å².